The maximum Gasteiger partial charge on any atom is 0.240 e. The quantitative estimate of drug-likeness (QED) is 0.668. The van der Waals surface area contributed by atoms with Crippen LogP contribution in [0, 0.1) is 11.7 Å². The molecule has 0 saturated carbocycles. The molecule has 0 radical (unpaired) electrons. The van der Waals surface area contributed by atoms with Crippen molar-refractivity contribution < 1.29 is 14.0 Å². The van der Waals surface area contributed by atoms with Crippen LogP contribution in [0.3, 0.4) is 0 Å². The van der Waals surface area contributed by atoms with Gasteiger partial charge in [-0.05, 0) is 30.2 Å². The molecule has 2 N–H and O–H groups in total. The molecule has 2 heterocycles. The van der Waals surface area contributed by atoms with Gasteiger partial charge in [0.05, 0.1) is 18.8 Å². The van der Waals surface area contributed by atoms with Gasteiger partial charge in [-0.25, -0.2) is 9.37 Å². The number of halogens is 1. The molecule has 1 aliphatic heterocycles. The Morgan fingerprint density at radius 2 is 1.67 bits per heavy atom. The van der Waals surface area contributed by atoms with Crippen LogP contribution in [-0.2, 0) is 9.59 Å². The van der Waals surface area contributed by atoms with E-state index in [4.69, 9.17) is 0 Å². The van der Waals surface area contributed by atoms with Gasteiger partial charge in [-0.2, -0.15) is 0 Å². The molecule has 0 spiro atoms. The molecule has 1 fully saturated rings. The van der Waals surface area contributed by atoms with Crippen molar-refractivity contribution >= 4 is 28.3 Å². The molecule has 1 aromatic carbocycles. The monoisotopic (exact) mass is 433 g/mol. The normalized spacial score (nSPS) is 15.3. The second-order valence-electron chi connectivity index (χ2n) is 7.84. The minimum absolute atomic E-state index is 0.0515. The van der Waals surface area contributed by atoms with Crippen molar-refractivity contribution in [2.45, 2.75) is 13.8 Å². The Labute approximate surface area is 180 Å². The Kier molecular flexibility index (Phi) is 7.89. The van der Waals surface area contributed by atoms with Gasteiger partial charge in [-0.3, -0.25) is 19.4 Å². The van der Waals surface area contributed by atoms with Crippen LogP contribution in [0.25, 0.3) is 11.3 Å². The molecule has 0 unspecified atom stereocenters. The summed E-state index contributed by atoms with van der Waals surface area (Å²) in [7, 11) is 0. The first kappa shape index (κ1) is 22.3. The van der Waals surface area contributed by atoms with Crippen LogP contribution in [-0.4, -0.2) is 72.4 Å². The summed E-state index contributed by atoms with van der Waals surface area (Å²) in [5.41, 5.74) is 1.52. The van der Waals surface area contributed by atoms with Crippen LogP contribution < -0.4 is 10.6 Å². The summed E-state index contributed by atoms with van der Waals surface area (Å²) in [6, 6.07) is 6.11. The van der Waals surface area contributed by atoms with E-state index in [-0.39, 0.29) is 17.6 Å². The van der Waals surface area contributed by atoms with E-state index in [1.165, 1.54) is 23.5 Å². The van der Waals surface area contributed by atoms with Crippen LogP contribution in [0.1, 0.15) is 13.8 Å². The molecule has 1 aliphatic rings. The van der Waals surface area contributed by atoms with E-state index >= 15 is 0 Å². The van der Waals surface area contributed by atoms with Gasteiger partial charge in [0.25, 0.3) is 0 Å². The van der Waals surface area contributed by atoms with Crippen molar-refractivity contribution in [1.29, 1.82) is 0 Å². The fourth-order valence-corrected chi connectivity index (χ4v) is 3.86. The number of anilines is 1. The van der Waals surface area contributed by atoms with Gasteiger partial charge < -0.3 is 10.6 Å². The highest BCUT2D eigenvalue weighted by Crippen LogP contribution is 2.25. The van der Waals surface area contributed by atoms with Gasteiger partial charge in [0.1, 0.15) is 5.82 Å². The maximum atomic E-state index is 13.0. The number of nitrogens with one attached hydrogen (secondary N) is 2. The summed E-state index contributed by atoms with van der Waals surface area (Å²) in [5, 5.41) is 8.14. The Balaban J connectivity index is 1.40. The first-order valence-corrected chi connectivity index (χ1v) is 11.0. The van der Waals surface area contributed by atoms with E-state index in [1.807, 2.05) is 5.38 Å². The molecule has 1 aromatic heterocycles. The summed E-state index contributed by atoms with van der Waals surface area (Å²) in [6.45, 7) is 8.52. The van der Waals surface area contributed by atoms with E-state index < -0.39 is 0 Å². The number of amides is 2. The van der Waals surface area contributed by atoms with Gasteiger partial charge in [-0.1, -0.05) is 13.8 Å². The third-order valence-corrected chi connectivity index (χ3v) is 5.56. The molecule has 2 amide bonds. The van der Waals surface area contributed by atoms with Crippen LogP contribution in [0.15, 0.2) is 29.6 Å². The number of hydrogen-bond donors (Lipinski definition) is 2. The number of carbonyl (C=O) groups excluding carboxylic acids is 2. The molecule has 3 rings (SSSR count). The molecule has 7 nitrogen and oxygen atoms in total. The topological polar surface area (TPSA) is 77.6 Å². The highest BCUT2D eigenvalue weighted by atomic mass is 32.1. The zero-order chi connectivity index (χ0) is 21.5. The zero-order valence-electron chi connectivity index (χ0n) is 17.4. The summed E-state index contributed by atoms with van der Waals surface area (Å²) in [6.07, 6.45) is 0. The van der Waals surface area contributed by atoms with Crippen LogP contribution in [0.5, 0.6) is 0 Å². The third-order valence-electron chi connectivity index (χ3n) is 4.80. The van der Waals surface area contributed by atoms with Gasteiger partial charge in [-0.15, -0.1) is 11.3 Å². The Hall–Kier alpha value is -2.36. The smallest absolute Gasteiger partial charge is 0.240 e. The zero-order valence-corrected chi connectivity index (χ0v) is 18.2. The number of nitrogens with zero attached hydrogens (tertiary/aromatic N) is 3. The van der Waals surface area contributed by atoms with E-state index in [9.17, 15) is 14.0 Å². The molecule has 9 heteroatoms. The maximum absolute atomic E-state index is 13.0. The Morgan fingerprint density at radius 3 is 2.27 bits per heavy atom. The van der Waals surface area contributed by atoms with Crippen molar-refractivity contribution in [3.63, 3.8) is 0 Å². The Morgan fingerprint density at radius 1 is 1.07 bits per heavy atom. The lowest BCUT2D eigenvalue weighted by Gasteiger charge is -2.33. The minimum atomic E-state index is -0.293. The molecule has 0 atom stereocenters. The molecule has 0 aliphatic carbocycles. The summed E-state index contributed by atoms with van der Waals surface area (Å²) < 4.78 is 13.0. The fraction of sp³-hybridized carbons (Fsp3) is 0.476. The number of rotatable bonds is 8. The number of piperazine rings is 1. The van der Waals surface area contributed by atoms with Crippen molar-refractivity contribution in [3.05, 3.63) is 35.5 Å². The van der Waals surface area contributed by atoms with E-state index in [2.05, 4.69) is 39.3 Å². The molecule has 162 valence electrons. The van der Waals surface area contributed by atoms with Crippen LogP contribution >= 0.6 is 11.3 Å². The Bertz CT molecular complexity index is 847. The highest BCUT2D eigenvalue weighted by molar-refractivity contribution is 7.14. The first-order valence-electron chi connectivity index (χ1n) is 10.1. The number of carbonyl (C=O) groups is 2. The lowest BCUT2D eigenvalue weighted by atomic mass is 10.2. The second-order valence-corrected chi connectivity index (χ2v) is 8.70. The average Bonchev–Trinajstić information content (AvgIpc) is 3.16. The van der Waals surface area contributed by atoms with Crippen molar-refractivity contribution in [2.75, 3.05) is 51.1 Å². The second kappa shape index (κ2) is 10.6. The number of hydrogen-bond acceptors (Lipinski definition) is 6. The van der Waals surface area contributed by atoms with E-state index in [1.54, 1.807) is 12.1 Å². The summed E-state index contributed by atoms with van der Waals surface area (Å²) >= 11 is 1.34. The van der Waals surface area contributed by atoms with Gasteiger partial charge in [0, 0.05) is 43.7 Å². The number of aromatic nitrogens is 1. The van der Waals surface area contributed by atoms with E-state index in [0.717, 1.165) is 31.7 Å². The molecule has 0 bridgehead atoms. The number of benzene rings is 1. The van der Waals surface area contributed by atoms with Crippen molar-refractivity contribution in [1.82, 2.24) is 20.1 Å². The molecule has 30 heavy (non-hydrogen) atoms. The SMILES string of the molecule is CC(C)CNC(=O)CN1CCN(CC(=O)Nc2nc(-c3ccc(F)cc3)cs2)CC1. The van der Waals surface area contributed by atoms with Crippen molar-refractivity contribution in [3.8, 4) is 11.3 Å². The highest BCUT2D eigenvalue weighted by Gasteiger charge is 2.21. The predicted molar refractivity (Wildman–Crippen MR) is 117 cm³/mol. The third kappa shape index (κ3) is 6.86. The van der Waals surface area contributed by atoms with Gasteiger partial charge in [0.2, 0.25) is 11.8 Å². The molecular weight excluding hydrogens is 405 g/mol. The van der Waals surface area contributed by atoms with E-state index in [0.29, 0.717) is 36.4 Å². The van der Waals surface area contributed by atoms with Gasteiger partial charge >= 0.3 is 0 Å². The summed E-state index contributed by atoms with van der Waals surface area (Å²) in [4.78, 5) is 32.9. The molecule has 1 saturated heterocycles. The lowest BCUT2D eigenvalue weighted by molar-refractivity contribution is -0.123. The predicted octanol–water partition coefficient (Wildman–Crippen LogP) is 2.28. The molecular formula is C21H28FN5O2S. The summed E-state index contributed by atoms with van der Waals surface area (Å²) in [5.74, 6) is 0.0847. The largest absolute Gasteiger partial charge is 0.355 e. The standard InChI is InChI=1S/C21H28FN5O2S/c1-15(2)11-23-19(28)12-26-7-9-27(10-8-26)13-20(29)25-21-24-18(14-30-21)16-3-5-17(22)6-4-16/h3-6,14-15H,7-13H2,1-2H3,(H,23,28)(H,24,25,29). The number of thiazole rings is 1. The van der Waals surface area contributed by atoms with Crippen LogP contribution in [0.2, 0.25) is 0 Å². The molecule has 2 aromatic rings. The fourth-order valence-electron chi connectivity index (χ4n) is 3.13. The van der Waals surface area contributed by atoms with Crippen molar-refractivity contribution in [2.24, 2.45) is 5.92 Å². The lowest BCUT2D eigenvalue weighted by Crippen LogP contribution is -2.51. The average molecular weight is 434 g/mol. The van der Waals surface area contributed by atoms with Crippen LogP contribution in [0.4, 0.5) is 9.52 Å². The minimum Gasteiger partial charge on any atom is -0.355 e. The first-order chi connectivity index (χ1) is 14.4. The van der Waals surface area contributed by atoms with Gasteiger partial charge in [0.15, 0.2) is 5.13 Å².